The molecule has 0 aromatic rings. The number of hydrogen-bond donors (Lipinski definition) is 1. The maximum Gasteiger partial charge on any atom is 0.193 e. The monoisotopic (exact) mass is 340 g/mol. The van der Waals surface area contributed by atoms with Crippen LogP contribution in [0.3, 0.4) is 0 Å². The van der Waals surface area contributed by atoms with Crippen LogP contribution in [-0.4, -0.2) is 85.8 Å². The van der Waals surface area contributed by atoms with Crippen molar-refractivity contribution in [3.8, 4) is 0 Å². The molecule has 2 heterocycles. The molecule has 132 valence electrons. The van der Waals surface area contributed by atoms with Crippen LogP contribution in [0.15, 0.2) is 4.99 Å². The normalized spacial score (nSPS) is 26.5. The molecule has 0 radical (unpaired) electrons. The molecule has 0 bridgehead atoms. The molecule has 3 rings (SSSR count). The maximum atomic E-state index is 5.41. The van der Waals surface area contributed by atoms with E-state index in [9.17, 15) is 0 Å². The van der Waals surface area contributed by atoms with Gasteiger partial charge in [0.2, 0.25) is 0 Å². The number of nitrogens with one attached hydrogen (secondary N) is 1. The molecule has 0 aromatic heterocycles. The van der Waals surface area contributed by atoms with E-state index in [1.807, 2.05) is 7.05 Å². The van der Waals surface area contributed by atoms with Crippen LogP contribution in [0.1, 0.15) is 32.1 Å². The Hall–Kier alpha value is -0.460. The number of morpholine rings is 1. The number of hydrogen-bond acceptors (Lipinski definition) is 4. The quantitative estimate of drug-likeness (QED) is 0.625. The first kappa shape index (κ1) is 17.4. The van der Waals surface area contributed by atoms with Crippen LogP contribution < -0.4 is 5.32 Å². The Kier molecular flexibility index (Phi) is 6.48. The Balaban J connectivity index is 1.47. The van der Waals surface area contributed by atoms with Crippen molar-refractivity contribution in [3.05, 3.63) is 0 Å². The van der Waals surface area contributed by atoms with Crippen LogP contribution in [0.2, 0.25) is 0 Å². The van der Waals surface area contributed by atoms with Gasteiger partial charge in [0.25, 0.3) is 0 Å². The zero-order chi connectivity index (χ0) is 16.0. The molecule has 6 heteroatoms. The number of thioether (sulfide) groups is 1. The third-order valence-electron chi connectivity index (χ3n) is 5.34. The summed E-state index contributed by atoms with van der Waals surface area (Å²) in [5.41, 5.74) is 0. The van der Waals surface area contributed by atoms with Crippen molar-refractivity contribution < 1.29 is 4.74 Å². The van der Waals surface area contributed by atoms with Crippen molar-refractivity contribution >= 4 is 17.7 Å². The van der Waals surface area contributed by atoms with Gasteiger partial charge in [-0.3, -0.25) is 9.89 Å². The van der Waals surface area contributed by atoms with Crippen LogP contribution >= 0.6 is 11.8 Å². The highest BCUT2D eigenvalue weighted by Gasteiger charge is 2.38. The fourth-order valence-corrected chi connectivity index (χ4v) is 5.58. The second-order valence-electron chi connectivity index (χ2n) is 6.94. The zero-order valence-electron chi connectivity index (χ0n) is 14.6. The van der Waals surface area contributed by atoms with E-state index in [4.69, 9.17) is 4.74 Å². The maximum absolute atomic E-state index is 5.41. The summed E-state index contributed by atoms with van der Waals surface area (Å²) in [5.74, 6) is 2.34. The second-order valence-corrected chi connectivity index (χ2v) is 8.50. The fourth-order valence-electron chi connectivity index (χ4n) is 4.01. The van der Waals surface area contributed by atoms with Crippen LogP contribution in [0, 0.1) is 0 Å². The Morgan fingerprint density at radius 3 is 2.70 bits per heavy atom. The highest BCUT2D eigenvalue weighted by molar-refractivity contribution is 8.00. The van der Waals surface area contributed by atoms with E-state index in [-0.39, 0.29) is 0 Å². The number of ether oxygens (including phenoxy) is 1. The van der Waals surface area contributed by atoms with Gasteiger partial charge in [-0.2, -0.15) is 11.8 Å². The summed E-state index contributed by atoms with van der Waals surface area (Å²) in [5, 5.41) is 3.59. The summed E-state index contributed by atoms with van der Waals surface area (Å²) in [4.78, 5) is 9.52. The molecule has 1 spiro atoms. The minimum atomic E-state index is 0.498. The average Bonchev–Trinajstić information content (AvgIpc) is 2.60. The van der Waals surface area contributed by atoms with Crippen molar-refractivity contribution in [2.75, 3.05) is 65.3 Å². The predicted octanol–water partition coefficient (Wildman–Crippen LogP) is 1.65. The van der Waals surface area contributed by atoms with E-state index in [1.165, 1.54) is 44.4 Å². The van der Waals surface area contributed by atoms with Crippen molar-refractivity contribution in [2.24, 2.45) is 4.99 Å². The summed E-state index contributed by atoms with van der Waals surface area (Å²) in [6.07, 6.45) is 7.01. The standard InChI is InChI=1S/C17H32N4OS/c1-18-16(19-7-8-20-9-12-22-13-10-20)21-11-14-23-17(15-21)5-3-2-4-6-17/h2-15H2,1H3,(H,18,19). The lowest BCUT2D eigenvalue weighted by Crippen LogP contribution is -2.54. The summed E-state index contributed by atoms with van der Waals surface area (Å²) >= 11 is 2.22. The minimum Gasteiger partial charge on any atom is -0.379 e. The van der Waals surface area contributed by atoms with Gasteiger partial charge >= 0.3 is 0 Å². The number of rotatable bonds is 3. The first-order valence-electron chi connectivity index (χ1n) is 9.21. The highest BCUT2D eigenvalue weighted by Crippen LogP contribution is 2.42. The molecule has 1 N–H and O–H groups in total. The van der Waals surface area contributed by atoms with E-state index < -0.39 is 0 Å². The Morgan fingerprint density at radius 2 is 1.96 bits per heavy atom. The summed E-state index contributed by atoms with van der Waals surface area (Å²) in [6, 6.07) is 0. The average molecular weight is 341 g/mol. The van der Waals surface area contributed by atoms with Crippen LogP contribution in [0.5, 0.6) is 0 Å². The summed E-state index contributed by atoms with van der Waals surface area (Å²) in [7, 11) is 1.92. The first-order chi connectivity index (χ1) is 11.3. The number of aliphatic imine (C=N–C) groups is 1. The Labute approximate surface area is 145 Å². The molecule has 2 aliphatic heterocycles. The Morgan fingerprint density at radius 1 is 1.17 bits per heavy atom. The first-order valence-corrected chi connectivity index (χ1v) is 10.2. The molecule has 5 nitrogen and oxygen atoms in total. The lowest BCUT2D eigenvalue weighted by molar-refractivity contribution is 0.0388. The molecular formula is C17H32N4OS. The summed E-state index contributed by atoms with van der Waals surface area (Å²) < 4.78 is 5.91. The van der Waals surface area contributed by atoms with E-state index in [1.54, 1.807) is 0 Å². The predicted molar refractivity (Wildman–Crippen MR) is 98.5 cm³/mol. The lowest BCUT2D eigenvalue weighted by atomic mass is 9.87. The molecular weight excluding hydrogens is 308 g/mol. The van der Waals surface area contributed by atoms with Gasteiger partial charge < -0.3 is 15.0 Å². The number of guanidine groups is 1. The second kappa shape index (κ2) is 8.58. The third-order valence-corrected chi connectivity index (χ3v) is 6.88. The lowest BCUT2D eigenvalue weighted by Gasteiger charge is -2.45. The zero-order valence-corrected chi connectivity index (χ0v) is 15.4. The Bertz CT molecular complexity index is 387. The molecule has 2 saturated heterocycles. The van der Waals surface area contributed by atoms with E-state index >= 15 is 0 Å². The van der Waals surface area contributed by atoms with Crippen LogP contribution in [0.4, 0.5) is 0 Å². The molecule has 0 unspecified atom stereocenters. The SMILES string of the molecule is CN=C(NCCN1CCOCC1)N1CCSC2(CCCCC2)C1. The summed E-state index contributed by atoms with van der Waals surface area (Å²) in [6.45, 7) is 8.23. The molecule has 0 atom stereocenters. The minimum absolute atomic E-state index is 0.498. The number of nitrogens with zero attached hydrogens (tertiary/aromatic N) is 3. The van der Waals surface area contributed by atoms with Gasteiger partial charge in [-0.1, -0.05) is 19.3 Å². The molecule has 23 heavy (non-hydrogen) atoms. The van der Waals surface area contributed by atoms with Gasteiger partial charge in [0, 0.05) is 56.8 Å². The van der Waals surface area contributed by atoms with Crippen LogP contribution in [-0.2, 0) is 4.74 Å². The van der Waals surface area contributed by atoms with Gasteiger partial charge in [0.15, 0.2) is 5.96 Å². The smallest absolute Gasteiger partial charge is 0.193 e. The highest BCUT2D eigenvalue weighted by atomic mass is 32.2. The van der Waals surface area contributed by atoms with Crippen molar-refractivity contribution in [2.45, 2.75) is 36.9 Å². The van der Waals surface area contributed by atoms with Crippen LogP contribution in [0.25, 0.3) is 0 Å². The third kappa shape index (κ3) is 4.77. The molecule has 1 aliphatic carbocycles. The van der Waals surface area contributed by atoms with Gasteiger partial charge in [-0.15, -0.1) is 0 Å². The van der Waals surface area contributed by atoms with E-state index in [0.717, 1.165) is 51.9 Å². The van der Waals surface area contributed by atoms with E-state index in [0.29, 0.717) is 4.75 Å². The fraction of sp³-hybridized carbons (Fsp3) is 0.941. The van der Waals surface area contributed by atoms with Gasteiger partial charge in [0.1, 0.15) is 0 Å². The molecule has 0 amide bonds. The van der Waals surface area contributed by atoms with Crippen molar-refractivity contribution in [1.29, 1.82) is 0 Å². The molecule has 3 aliphatic rings. The van der Waals surface area contributed by atoms with Gasteiger partial charge in [-0.05, 0) is 12.8 Å². The molecule has 1 saturated carbocycles. The molecule has 0 aromatic carbocycles. The van der Waals surface area contributed by atoms with Gasteiger partial charge in [-0.25, -0.2) is 0 Å². The van der Waals surface area contributed by atoms with Crippen molar-refractivity contribution in [1.82, 2.24) is 15.1 Å². The van der Waals surface area contributed by atoms with Gasteiger partial charge in [0.05, 0.1) is 13.2 Å². The largest absolute Gasteiger partial charge is 0.379 e. The van der Waals surface area contributed by atoms with E-state index in [2.05, 4.69) is 31.9 Å². The topological polar surface area (TPSA) is 40.1 Å². The van der Waals surface area contributed by atoms with Crippen molar-refractivity contribution in [3.63, 3.8) is 0 Å². The molecule has 3 fully saturated rings.